The third-order valence-corrected chi connectivity index (χ3v) is 4.76. The average molecular weight is 435 g/mol. The third-order valence-electron chi connectivity index (χ3n) is 4.76. The summed E-state index contributed by atoms with van der Waals surface area (Å²) in [5.41, 5.74) is 0.788. The lowest BCUT2D eigenvalue weighted by molar-refractivity contribution is -0.136. The monoisotopic (exact) mass is 434 g/mol. The molecule has 31 heavy (non-hydrogen) atoms. The van der Waals surface area contributed by atoms with Crippen molar-refractivity contribution in [3.05, 3.63) is 35.5 Å². The van der Waals surface area contributed by atoms with Crippen molar-refractivity contribution >= 4 is 23.7 Å². The predicted octanol–water partition coefficient (Wildman–Crippen LogP) is 4.40. The molecule has 8 heteroatoms. The lowest BCUT2D eigenvalue weighted by Gasteiger charge is -2.13. The Morgan fingerprint density at radius 1 is 1.03 bits per heavy atom. The average Bonchev–Trinajstić information content (AvgIpc) is 3.05. The van der Waals surface area contributed by atoms with Crippen LogP contribution < -0.4 is 10.1 Å². The molecule has 172 valence electrons. The van der Waals surface area contributed by atoms with Crippen molar-refractivity contribution in [3.8, 4) is 5.75 Å². The number of carbonyl (C=O) groups is 3. The van der Waals surface area contributed by atoms with Gasteiger partial charge in [-0.25, -0.2) is 4.79 Å². The minimum Gasteiger partial charge on any atom is -0.496 e. The quantitative estimate of drug-likeness (QED) is 0.231. The molecule has 0 aliphatic carbocycles. The summed E-state index contributed by atoms with van der Waals surface area (Å²) in [6.45, 7) is 4.20. The predicted molar refractivity (Wildman–Crippen MR) is 118 cm³/mol. The highest BCUT2D eigenvalue weighted by atomic mass is 16.5. The van der Waals surface area contributed by atoms with Gasteiger partial charge in [-0.15, -0.1) is 0 Å². The van der Waals surface area contributed by atoms with Crippen LogP contribution in [0.3, 0.4) is 0 Å². The van der Waals surface area contributed by atoms with Gasteiger partial charge in [0.05, 0.1) is 19.8 Å². The summed E-state index contributed by atoms with van der Waals surface area (Å²) in [6, 6.07) is 6.83. The van der Waals surface area contributed by atoms with Crippen LogP contribution in [-0.2, 0) is 14.3 Å². The molecule has 0 spiro atoms. The Morgan fingerprint density at radius 3 is 2.23 bits per heavy atom. The number of para-hydroxylation sites is 1. The second kappa shape index (κ2) is 14.1. The van der Waals surface area contributed by atoms with Crippen molar-refractivity contribution in [1.82, 2.24) is 10.2 Å². The largest absolute Gasteiger partial charge is 0.496 e. The highest BCUT2D eigenvalue weighted by Gasteiger charge is 2.36. The number of unbranched alkanes of at least 4 members (excludes halogenated alkanes) is 5. The van der Waals surface area contributed by atoms with Gasteiger partial charge in [-0.3, -0.25) is 19.8 Å². The van der Waals surface area contributed by atoms with Gasteiger partial charge in [-0.05, 0) is 18.6 Å². The first-order valence-corrected chi connectivity index (χ1v) is 10.7. The number of carboxylic acid groups (broad SMARTS) is 1. The van der Waals surface area contributed by atoms with E-state index >= 15 is 0 Å². The molecular weight excluding hydrogens is 400 g/mol. The molecule has 1 fully saturated rings. The van der Waals surface area contributed by atoms with Crippen LogP contribution in [0.15, 0.2) is 30.0 Å². The Kier molecular flexibility index (Phi) is 11.8. The number of hydrogen-bond acceptors (Lipinski definition) is 5. The van der Waals surface area contributed by atoms with E-state index in [0.29, 0.717) is 23.6 Å². The molecule has 0 saturated carbocycles. The lowest BCUT2D eigenvalue weighted by Crippen LogP contribution is -2.31. The number of amides is 3. The van der Waals surface area contributed by atoms with E-state index in [1.165, 1.54) is 31.3 Å². The number of carboxylic acids is 1. The van der Waals surface area contributed by atoms with Crippen LogP contribution in [0.25, 0.3) is 5.76 Å². The zero-order valence-electron chi connectivity index (χ0n) is 18.9. The van der Waals surface area contributed by atoms with Gasteiger partial charge in [0.15, 0.2) is 11.5 Å². The number of nitrogens with zero attached hydrogens (tertiary/aromatic N) is 1. The Labute approximate surface area is 184 Å². The molecule has 1 heterocycles. The molecule has 3 amide bonds. The number of hydrogen-bond donors (Lipinski definition) is 2. The fourth-order valence-electron chi connectivity index (χ4n) is 3.04. The van der Waals surface area contributed by atoms with Crippen LogP contribution in [0.1, 0.15) is 64.4 Å². The van der Waals surface area contributed by atoms with Gasteiger partial charge in [0.1, 0.15) is 5.75 Å². The maximum atomic E-state index is 12.7. The van der Waals surface area contributed by atoms with Crippen molar-refractivity contribution in [2.75, 3.05) is 20.8 Å². The third kappa shape index (κ3) is 7.96. The molecule has 1 aliphatic heterocycles. The van der Waals surface area contributed by atoms with Crippen molar-refractivity contribution in [2.24, 2.45) is 0 Å². The van der Waals surface area contributed by atoms with Crippen molar-refractivity contribution < 1.29 is 29.0 Å². The standard InChI is InChI=1S/C20H28N2O4.C3H6O2/c1-4-5-6-7-8-11-14-22-19(23)17(21-20(22)24)18(26-3)15-12-9-10-13-16(15)25-2;1-2-3(4)5/h9-10,12-13H,4-8,11,14H2,1-3H3,(H,21,24);2H2,1H3,(H,4,5). The molecule has 1 aromatic carbocycles. The second-order valence-corrected chi connectivity index (χ2v) is 7.01. The van der Waals surface area contributed by atoms with Gasteiger partial charge in [0.25, 0.3) is 5.91 Å². The minimum atomic E-state index is -0.745. The number of nitrogens with one attached hydrogen (secondary N) is 1. The summed E-state index contributed by atoms with van der Waals surface area (Å²) >= 11 is 0. The van der Waals surface area contributed by atoms with Crippen LogP contribution in [0.2, 0.25) is 0 Å². The van der Waals surface area contributed by atoms with E-state index in [-0.39, 0.29) is 18.0 Å². The van der Waals surface area contributed by atoms with Crippen LogP contribution in [-0.4, -0.2) is 48.7 Å². The van der Waals surface area contributed by atoms with Gasteiger partial charge >= 0.3 is 12.0 Å². The van der Waals surface area contributed by atoms with Gasteiger partial charge in [0.2, 0.25) is 0 Å². The number of benzene rings is 1. The second-order valence-electron chi connectivity index (χ2n) is 7.01. The maximum Gasteiger partial charge on any atom is 0.329 e. The zero-order valence-corrected chi connectivity index (χ0v) is 18.9. The van der Waals surface area contributed by atoms with Crippen molar-refractivity contribution in [1.29, 1.82) is 0 Å². The number of ether oxygens (including phenoxy) is 2. The number of rotatable bonds is 11. The number of aliphatic carboxylic acids is 1. The molecule has 1 saturated heterocycles. The molecule has 1 aliphatic rings. The van der Waals surface area contributed by atoms with E-state index < -0.39 is 12.0 Å². The summed E-state index contributed by atoms with van der Waals surface area (Å²) < 4.78 is 10.8. The summed E-state index contributed by atoms with van der Waals surface area (Å²) in [6.07, 6.45) is 6.80. The molecule has 0 radical (unpaired) electrons. The minimum absolute atomic E-state index is 0.160. The molecule has 2 N–H and O–H groups in total. The lowest BCUT2D eigenvalue weighted by atomic mass is 10.1. The highest BCUT2D eigenvalue weighted by Crippen LogP contribution is 2.30. The number of carbonyl (C=O) groups excluding carboxylic acids is 2. The smallest absolute Gasteiger partial charge is 0.329 e. The van der Waals surface area contributed by atoms with Crippen LogP contribution in [0, 0.1) is 0 Å². The molecular formula is C23H34N2O6. The maximum absolute atomic E-state index is 12.7. The Morgan fingerprint density at radius 2 is 1.65 bits per heavy atom. The van der Waals surface area contributed by atoms with E-state index in [0.717, 1.165) is 19.3 Å². The van der Waals surface area contributed by atoms with Gasteiger partial charge in [-0.2, -0.15) is 0 Å². The van der Waals surface area contributed by atoms with Crippen molar-refractivity contribution in [2.45, 2.75) is 58.8 Å². The Balaban J connectivity index is 0.000000861. The first kappa shape index (κ1) is 26.0. The highest BCUT2D eigenvalue weighted by molar-refractivity contribution is 6.15. The van der Waals surface area contributed by atoms with E-state index in [1.54, 1.807) is 26.2 Å². The molecule has 0 bridgehead atoms. The SMILES string of the molecule is CCC(=O)O.CCCCCCCCN1C(=O)NC(=C(OC)c2ccccc2OC)C1=O. The van der Waals surface area contributed by atoms with Crippen LogP contribution in [0.4, 0.5) is 4.79 Å². The molecule has 0 atom stereocenters. The first-order valence-electron chi connectivity index (χ1n) is 10.7. The topological polar surface area (TPSA) is 105 Å². The number of imide groups is 1. The summed E-state index contributed by atoms with van der Waals surface area (Å²) in [4.78, 5) is 35.6. The summed E-state index contributed by atoms with van der Waals surface area (Å²) in [7, 11) is 3.03. The Hall–Kier alpha value is -3.03. The van der Waals surface area contributed by atoms with E-state index in [4.69, 9.17) is 14.6 Å². The summed E-state index contributed by atoms with van der Waals surface area (Å²) in [5, 5.41) is 10.4. The number of urea groups is 1. The van der Waals surface area contributed by atoms with Gasteiger partial charge < -0.3 is 14.6 Å². The fraction of sp³-hybridized carbons (Fsp3) is 0.522. The molecule has 1 aromatic rings. The molecule has 0 unspecified atom stereocenters. The van der Waals surface area contributed by atoms with Gasteiger partial charge in [-0.1, -0.05) is 58.1 Å². The van der Waals surface area contributed by atoms with Crippen LogP contribution >= 0.6 is 0 Å². The molecule has 8 nitrogen and oxygen atoms in total. The van der Waals surface area contributed by atoms with E-state index in [1.807, 2.05) is 12.1 Å². The number of methoxy groups -OCH3 is 2. The first-order chi connectivity index (χ1) is 14.9. The van der Waals surface area contributed by atoms with Crippen LogP contribution in [0.5, 0.6) is 5.75 Å². The van der Waals surface area contributed by atoms with E-state index in [9.17, 15) is 14.4 Å². The Bertz CT molecular complexity index is 775. The molecule has 0 aromatic heterocycles. The van der Waals surface area contributed by atoms with Gasteiger partial charge in [0, 0.05) is 13.0 Å². The summed E-state index contributed by atoms with van der Waals surface area (Å²) in [5.74, 6) is -0.212. The fourth-order valence-corrected chi connectivity index (χ4v) is 3.04. The van der Waals surface area contributed by atoms with Crippen molar-refractivity contribution in [3.63, 3.8) is 0 Å². The molecule has 2 rings (SSSR count). The van der Waals surface area contributed by atoms with E-state index in [2.05, 4.69) is 12.2 Å². The normalized spacial score (nSPS) is 14.5. The zero-order chi connectivity index (χ0) is 23.2.